The molecule has 21 heavy (non-hydrogen) atoms. The molecule has 5 heteroatoms. The molecule has 0 amide bonds. The first-order valence-corrected chi connectivity index (χ1v) is 7.83. The number of rotatable bonds is 4. The molecule has 1 N–H and O–H groups in total. The van der Waals surface area contributed by atoms with Crippen LogP contribution >= 0.6 is 27.5 Å². The van der Waals surface area contributed by atoms with Crippen LogP contribution in [0.2, 0.25) is 5.02 Å². The summed E-state index contributed by atoms with van der Waals surface area (Å²) in [5.41, 5.74) is 1.08. The quantitative estimate of drug-likeness (QED) is 0.806. The van der Waals surface area contributed by atoms with Gasteiger partial charge in [0.05, 0.1) is 11.2 Å². The van der Waals surface area contributed by atoms with Crippen LogP contribution in [0.25, 0.3) is 0 Å². The maximum atomic E-state index is 6.19. The average Bonchev–Trinajstić information content (AvgIpc) is 2.40. The molecule has 0 saturated heterocycles. The second-order valence-corrected chi connectivity index (χ2v) is 7.09. The van der Waals surface area contributed by atoms with E-state index in [0.29, 0.717) is 23.1 Å². The van der Waals surface area contributed by atoms with Crippen molar-refractivity contribution in [1.82, 2.24) is 10.3 Å². The van der Waals surface area contributed by atoms with Gasteiger partial charge in [0.25, 0.3) is 0 Å². The summed E-state index contributed by atoms with van der Waals surface area (Å²) >= 11 is 9.57. The van der Waals surface area contributed by atoms with Crippen LogP contribution in [0.5, 0.6) is 11.5 Å². The van der Waals surface area contributed by atoms with E-state index in [1.807, 2.05) is 18.2 Å². The smallest absolute Gasteiger partial charge is 0.150 e. The van der Waals surface area contributed by atoms with Gasteiger partial charge in [-0.2, -0.15) is 0 Å². The van der Waals surface area contributed by atoms with Crippen molar-refractivity contribution < 1.29 is 4.74 Å². The maximum absolute atomic E-state index is 6.19. The third-order valence-corrected chi connectivity index (χ3v) is 3.58. The van der Waals surface area contributed by atoms with Crippen LogP contribution in [-0.2, 0) is 6.54 Å². The van der Waals surface area contributed by atoms with Gasteiger partial charge in [-0.15, -0.1) is 0 Å². The summed E-state index contributed by atoms with van der Waals surface area (Å²) in [7, 11) is 0. The molecule has 0 aliphatic carbocycles. The number of ether oxygens (including phenoxy) is 1. The van der Waals surface area contributed by atoms with Gasteiger partial charge in [-0.3, -0.25) is 4.98 Å². The number of aromatic nitrogens is 1. The molecule has 112 valence electrons. The molecular weight excluding hydrogens is 352 g/mol. The molecule has 0 fully saturated rings. The minimum absolute atomic E-state index is 0.0375. The van der Waals surface area contributed by atoms with E-state index in [4.69, 9.17) is 16.3 Å². The Bertz CT molecular complexity index is 626. The van der Waals surface area contributed by atoms with Crippen molar-refractivity contribution >= 4 is 27.5 Å². The summed E-state index contributed by atoms with van der Waals surface area (Å²) in [5.74, 6) is 1.32. The molecule has 0 saturated carbocycles. The summed E-state index contributed by atoms with van der Waals surface area (Å²) in [6.45, 7) is 7.08. The monoisotopic (exact) mass is 368 g/mol. The predicted octanol–water partition coefficient (Wildman–Crippen LogP) is 5.18. The second kappa shape index (κ2) is 6.77. The van der Waals surface area contributed by atoms with Gasteiger partial charge in [-0.25, -0.2) is 0 Å². The summed E-state index contributed by atoms with van der Waals surface area (Å²) < 4.78 is 6.82. The number of halogens is 2. The van der Waals surface area contributed by atoms with E-state index in [0.717, 1.165) is 10.0 Å². The minimum Gasteiger partial charge on any atom is -0.454 e. The molecule has 2 aromatic rings. The van der Waals surface area contributed by atoms with Gasteiger partial charge >= 0.3 is 0 Å². The van der Waals surface area contributed by atoms with Gasteiger partial charge in [-0.1, -0.05) is 27.5 Å². The van der Waals surface area contributed by atoms with Gasteiger partial charge < -0.3 is 10.1 Å². The SMILES string of the molecule is CC(C)(C)NCc1ccncc1Oc1ccc(Br)cc1Cl. The van der Waals surface area contributed by atoms with Crippen molar-refractivity contribution in [2.45, 2.75) is 32.9 Å². The highest BCUT2D eigenvalue weighted by Crippen LogP contribution is 2.32. The van der Waals surface area contributed by atoms with Crippen LogP contribution < -0.4 is 10.1 Å². The predicted molar refractivity (Wildman–Crippen MR) is 90.1 cm³/mol. The van der Waals surface area contributed by atoms with Gasteiger partial charge in [0.2, 0.25) is 0 Å². The van der Waals surface area contributed by atoms with Crippen molar-refractivity contribution in [2.75, 3.05) is 0 Å². The third kappa shape index (κ3) is 4.99. The van der Waals surface area contributed by atoms with Crippen molar-refractivity contribution in [3.63, 3.8) is 0 Å². The lowest BCUT2D eigenvalue weighted by molar-refractivity contribution is 0.413. The normalized spacial score (nSPS) is 11.5. The van der Waals surface area contributed by atoms with E-state index >= 15 is 0 Å². The zero-order valence-electron chi connectivity index (χ0n) is 12.3. The zero-order valence-corrected chi connectivity index (χ0v) is 14.6. The largest absolute Gasteiger partial charge is 0.454 e. The molecule has 3 nitrogen and oxygen atoms in total. The van der Waals surface area contributed by atoms with Gasteiger partial charge in [-0.05, 0) is 45.0 Å². The molecule has 0 radical (unpaired) electrons. The lowest BCUT2D eigenvalue weighted by atomic mass is 10.1. The Morgan fingerprint density at radius 2 is 2.00 bits per heavy atom. The summed E-state index contributed by atoms with van der Waals surface area (Å²) in [5, 5.41) is 4.00. The Morgan fingerprint density at radius 3 is 2.67 bits per heavy atom. The van der Waals surface area contributed by atoms with Crippen LogP contribution in [0.1, 0.15) is 26.3 Å². The summed E-state index contributed by atoms with van der Waals surface area (Å²) in [4.78, 5) is 4.13. The Balaban J connectivity index is 2.20. The van der Waals surface area contributed by atoms with Gasteiger partial charge in [0.15, 0.2) is 0 Å². The fraction of sp³-hybridized carbons (Fsp3) is 0.312. The van der Waals surface area contributed by atoms with Crippen LogP contribution in [-0.4, -0.2) is 10.5 Å². The number of nitrogens with one attached hydrogen (secondary N) is 1. The molecular formula is C16H18BrClN2O. The highest BCUT2D eigenvalue weighted by molar-refractivity contribution is 9.10. The van der Waals surface area contributed by atoms with Crippen LogP contribution in [0.3, 0.4) is 0 Å². The maximum Gasteiger partial charge on any atom is 0.150 e. The van der Waals surface area contributed by atoms with E-state index in [-0.39, 0.29) is 5.54 Å². The number of hydrogen-bond donors (Lipinski definition) is 1. The fourth-order valence-electron chi connectivity index (χ4n) is 1.68. The van der Waals surface area contributed by atoms with Crippen LogP contribution in [0.15, 0.2) is 41.1 Å². The average molecular weight is 370 g/mol. The first-order valence-electron chi connectivity index (χ1n) is 6.66. The molecule has 1 heterocycles. The van der Waals surface area contributed by atoms with E-state index in [1.165, 1.54) is 0 Å². The molecule has 2 rings (SSSR count). The first-order chi connectivity index (χ1) is 9.85. The van der Waals surface area contributed by atoms with Crippen molar-refractivity contribution in [3.05, 3.63) is 51.7 Å². The fourth-order valence-corrected chi connectivity index (χ4v) is 2.40. The highest BCUT2D eigenvalue weighted by Gasteiger charge is 2.12. The lowest BCUT2D eigenvalue weighted by Gasteiger charge is -2.21. The molecule has 0 unspecified atom stereocenters. The summed E-state index contributed by atoms with van der Waals surface area (Å²) in [6, 6.07) is 7.48. The Morgan fingerprint density at radius 1 is 1.24 bits per heavy atom. The van der Waals surface area contributed by atoms with E-state index in [2.05, 4.69) is 47.0 Å². The van der Waals surface area contributed by atoms with Crippen molar-refractivity contribution in [3.8, 4) is 11.5 Å². The molecule has 0 spiro atoms. The minimum atomic E-state index is 0.0375. The van der Waals surface area contributed by atoms with Crippen molar-refractivity contribution in [1.29, 1.82) is 0 Å². The standard InChI is InChI=1S/C16H18BrClN2O/c1-16(2,3)20-9-11-6-7-19-10-15(11)21-14-5-4-12(17)8-13(14)18/h4-8,10,20H,9H2,1-3H3. The van der Waals surface area contributed by atoms with Crippen LogP contribution in [0, 0.1) is 0 Å². The molecule has 0 bridgehead atoms. The summed E-state index contributed by atoms with van der Waals surface area (Å²) in [6.07, 6.45) is 3.47. The second-order valence-electron chi connectivity index (χ2n) is 5.76. The Hall–Kier alpha value is -1.10. The zero-order chi connectivity index (χ0) is 15.5. The highest BCUT2D eigenvalue weighted by atomic mass is 79.9. The topological polar surface area (TPSA) is 34.2 Å². The number of benzene rings is 1. The molecule has 1 aromatic heterocycles. The lowest BCUT2D eigenvalue weighted by Crippen LogP contribution is -2.35. The molecule has 0 atom stereocenters. The van der Waals surface area contributed by atoms with Crippen molar-refractivity contribution in [2.24, 2.45) is 0 Å². The molecule has 0 aliphatic heterocycles. The number of pyridine rings is 1. The Kier molecular flexibility index (Phi) is 5.25. The van der Waals surface area contributed by atoms with Gasteiger partial charge in [0, 0.05) is 28.3 Å². The Labute approximate surface area is 138 Å². The number of hydrogen-bond acceptors (Lipinski definition) is 3. The number of nitrogens with zero attached hydrogens (tertiary/aromatic N) is 1. The van der Waals surface area contributed by atoms with E-state index < -0.39 is 0 Å². The first kappa shape index (κ1) is 16.3. The van der Waals surface area contributed by atoms with Crippen LogP contribution in [0.4, 0.5) is 0 Å². The van der Waals surface area contributed by atoms with E-state index in [1.54, 1.807) is 18.5 Å². The van der Waals surface area contributed by atoms with Gasteiger partial charge in [0.1, 0.15) is 11.5 Å². The molecule has 0 aliphatic rings. The molecule has 1 aromatic carbocycles. The third-order valence-electron chi connectivity index (χ3n) is 2.79. The van der Waals surface area contributed by atoms with E-state index in [9.17, 15) is 0 Å².